The quantitative estimate of drug-likeness (QED) is 0.644. The second-order valence-electron chi connectivity index (χ2n) is 3.93. The lowest BCUT2D eigenvalue weighted by Crippen LogP contribution is -2.24. The molecule has 1 aromatic carbocycles. The molecule has 0 fully saturated rings. The van der Waals surface area contributed by atoms with Gasteiger partial charge in [0.15, 0.2) is 0 Å². The van der Waals surface area contributed by atoms with Crippen LogP contribution in [0.4, 0.5) is 4.79 Å². The van der Waals surface area contributed by atoms with Gasteiger partial charge in [-0.2, -0.15) is 10.1 Å². The van der Waals surface area contributed by atoms with E-state index < -0.39 is 6.09 Å². The normalized spacial score (nSPS) is 11.8. The molecular formula is C13H15N3O2. The van der Waals surface area contributed by atoms with Crippen molar-refractivity contribution in [1.82, 2.24) is 9.99 Å². The highest BCUT2D eigenvalue weighted by atomic mass is 16.4. The predicted octanol–water partition coefficient (Wildman–Crippen LogP) is 2.89. The zero-order chi connectivity index (χ0) is 13.1. The topological polar surface area (TPSA) is 68.7 Å². The van der Waals surface area contributed by atoms with E-state index in [1.807, 2.05) is 30.5 Å². The summed E-state index contributed by atoms with van der Waals surface area (Å²) in [6.07, 6.45) is 0.802. The smallest absolute Gasteiger partial charge is 0.427 e. The molecule has 0 atom stereocenters. The van der Waals surface area contributed by atoms with Crippen LogP contribution in [0, 0.1) is 0 Å². The number of carbonyl (C=O) groups is 1. The molecule has 1 aromatic heterocycles. The van der Waals surface area contributed by atoms with Gasteiger partial charge >= 0.3 is 6.09 Å². The molecule has 0 aliphatic heterocycles. The lowest BCUT2D eigenvalue weighted by molar-refractivity contribution is 0.149. The highest BCUT2D eigenvalue weighted by Gasteiger charge is 2.11. The summed E-state index contributed by atoms with van der Waals surface area (Å²) in [5.41, 5.74) is 2.61. The third-order valence-electron chi connectivity index (χ3n) is 2.77. The molecule has 5 nitrogen and oxygen atoms in total. The summed E-state index contributed by atoms with van der Waals surface area (Å²) in [6.45, 7) is 3.89. The van der Waals surface area contributed by atoms with Crippen LogP contribution in [-0.2, 0) is 0 Å². The maximum absolute atomic E-state index is 10.9. The van der Waals surface area contributed by atoms with Crippen molar-refractivity contribution in [3.63, 3.8) is 0 Å². The van der Waals surface area contributed by atoms with E-state index in [0.717, 1.165) is 21.5 Å². The van der Waals surface area contributed by atoms with Crippen molar-refractivity contribution in [1.29, 1.82) is 0 Å². The molecule has 0 unspecified atom stereocenters. The van der Waals surface area contributed by atoms with Gasteiger partial charge in [0.05, 0.1) is 5.71 Å². The number of aromatic amines is 1. The molecule has 1 amide bonds. The van der Waals surface area contributed by atoms with Crippen molar-refractivity contribution in [2.45, 2.75) is 13.8 Å². The van der Waals surface area contributed by atoms with Gasteiger partial charge in [-0.15, -0.1) is 0 Å². The second kappa shape index (κ2) is 4.91. The summed E-state index contributed by atoms with van der Waals surface area (Å²) in [4.78, 5) is 14.1. The predicted molar refractivity (Wildman–Crippen MR) is 70.9 cm³/mol. The van der Waals surface area contributed by atoms with Crippen LogP contribution in [0.3, 0.4) is 0 Å². The van der Waals surface area contributed by atoms with Gasteiger partial charge < -0.3 is 10.1 Å². The van der Waals surface area contributed by atoms with Gasteiger partial charge in [-0.3, -0.25) is 0 Å². The third-order valence-corrected chi connectivity index (χ3v) is 2.77. The molecule has 0 saturated carbocycles. The fourth-order valence-electron chi connectivity index (χ4n) is 1.85. The molecule has 0 spiro atoms. The van der Waals surface area contributed by atoms with Crippen molar-refractivity contribution in [3.05, 3.63) is 36.0 Å². The van der Waals surface area contributed by atoms with Crippen molar-refractivity contribution in [2.24, 2.45) is 5.10 Å². The Morgan fingerprint density at radius 2 is 2.17 bits per heavy atom. The Kier molecular flexibility index (Phi) is 3.32. The number of para-hydroxylation sites is 1. The average molecular weight is 245 g/mol. The number of nitrogens with zero attached hydrogens (tertiary/aromatic N) is 2. The monoisotopic (exact) mass is 245 g/mol. The van der Waals surface area contributed by atoms with Gasteiger partial charge in [0.2, 0.25) is 0 Å². The molecule has 0 radical (unpaired) electrons. The summed E-state index contributed by atoms with van der Waals surface area (Å²) in [6, 6.07) is 7.85. The molecule has 2 aromatic rings. The van der Waals surface area contributed by atoms with E-state index in [1.54, 1.807) is 13.8 Å². The number of hydrazone groups is 1. The fourth-order valence-corrected chi connectivity index (χ4v) is 1.85. The minimum absolute atomic E-state index is 0.328. The number of amides is 1. The number of H-pyrrole nitrogens is 1. The van der Waals surface area contributed by atoms with E-state index in [4.69, 9.17) is 5.11 Å². The van der Waals surface area contributed by atoms with Crippen LogP contribution in [-0.4, -0.2) is 33.4 Å². The van der Waals surface area contributed by atoms with Gasteiger partial charge in [-0.1, -0.05) is 18.2 Å². The maximum atomic E-state index is 10.9. The molecule has 0 aliphatic rings. The van der Waals surface area contributed by atoms with Crippen LogP contribution in [0.2, 0.25) is 0 Å². The molecule has 5 heteroatoms. The van der Waals surface area contributed by atoms with Crippen LogP contribution in [0.15, 0.2) is 35.6 Å². The fraction of sp³-hybridized carbons (Fsp3) is 0.231. The molecule has 18 heavy (non-hydrogen) atoms. The number of nitrogens with one attached hydrogen (secondary N) is 1. The standard InChI is InChI=1S/C13H15N3O2/c1-3-16(13(17)18)15-9(2)11-8-14-12-7-5-4-6-10(11)12/h4-8,14H,3H2,1-2H3,(H,17,18). The third kappa shape index (κ3) is 2.20. The van der Waals surface area contributed by atoms with Crippen LogP contribution in [0.1, 0.15) is 19.4 Å². The van der Waals surface area contributed by atoms with Crippen LogP contribution in [0.5, 0.6) is 0 Å². The van der Waals surface area contributed by atoms with Crippen LogP contribution in [0.25, 0.3) is 10.9 Å². The summed E-state index contributed by atoms with van der Waals surface area (Å²) >= 11 is 0. The number of hydrogen-bond acceptors (Lipinski definition) is 2. The number of fused-ring (bicyclic) bond motifs is 1. The van der Waals surface area contributed by atoms with Gasteiger partial charge in [0, 0.05) is 29.2 Å². The number of benzene rings is 1. The molecule has 0 saturated heterocycles. The van der Waals surface area contributed by atoms with E-state index in [0.29, 0.717) is 12.3 Å². The lowest BCUT2D eigenvalue weighted by atomic mass is 10.1. The SMILES string of the molecule is CCN(N=C(C)c1c[nH]c2ccccc12)C(=O)O. The van der Waals surface area contributed by atoms with E-state index in [9.17, 15) is 4.79 Å². The summed E-state index contributed by atoms with van der Waals surface area (Å²) in [5, 5.41) is 15.1. The maximum Gasteiger partial charge on any atom is 0.427 e. The molecule has 2 N–H and O–H groups in total. The Labute approximate surface area is 105 Å². The second-order valence-corrected chi connectivity index (χ2v) is 3.93. The van der Waals surface area contributed by atoms with Gasteiger partial charge in [0.25, 0.3) is 0 Å². The molecular weight excluding hydrogens is 230 g/mol. The van der Waals surface area contributed by atoms with Gasteiger partial charge in [-0.05, 0) is 19.9 Å². The van der Waals surface area contributed by atoms with Crippen molar-refractivity contribution in [3.8, 4) is 0 Å². The van der Waals surface area contributed by atoms with E-state index in [2.05, 4.69) is 10.1 Å². The van der Waals surface area contributed by atoms with Crippen molar-refractivity contribution < 1.29 is 9.90 Å². The molecule has 0 bridgehead atoms. The van der Waals surface area contributed by atoms with E-state index in [1.165, 1.54) is 0 Å². The van der Waals surface area contributed by atoms with Crippen molar-refractivity contribution >= 4 is 22.7 Å². The Bertz CT molecular complexity index is 601. The van der Waals surface area contributed by atoms with E-state index in [-0.39, 0.29) is 0 Å². The average Bonchev–Trinajstić information content (AvgIpc) is 2.79. The number of hydrogen-bond donors (Lipinski definition) is 2. The zero-order valence-corrected chi connectivity index (χ0v) is 10.3. The Morgan fingerprint density at radius 3 is 2.83 bits per heavy atom. The number of carboxylic acid groups (broad SMARTS) is 1. The Hall–Kier alpha value is -2.30. The molecule has 94 valence electrons. The Balaban J connectivity index is 2.42. The van der Waals surface area contributed by atoms with Crippen LogP contribution >= 0.6 is 0 Å². The first-order valence-corrected chi connectivity index (χ1v) is 5.75. The first kappa shape index (κ1) is 12.2. The number of aromatic nitrogens is 1. The van der Waals surface area contributed by atoms with Gasteiger partial charge in [-0.25, -0.2) is 4.79 Å². The first-order valence-electron chi connectivity index (χ1n) is 5.75. The summed E-state index contributed by atoms with van der Waals surface area (Å²) in [7, 11) is 0. The zero-order valence-electron chi connectivity index (χ0n) is 10.3. The molecule has 2 rings (SSSR count). The molecule has 1 heterocycles. The Morgan fingerprint density at radius 1 is 1.44 bits per heavy atom. The number of rotatable bonds is 3. The first-order chi connectivity index (χ1) is 8.63. The lowest BCUT2D eigenvalue weighted by Gasteiger charge is -2.11. The summed E-state index contributed by atoms with van der Waals surface area (Å²) in [5.74, 6) is 0. The summed E-state index contributed by atoms with van der Waals surface area (Å²) < 4.78 is 0. The van der Waals surface area contributed by atoms with Crippen LogP contribution < -0.4 is 0 Å². The van der Waals surface area contributed by atoms with Crippen molar-refractivity contribution in [2.75, 3.05) is 6.54 Å². The molecule has 0 aliphatic carbocycles. The highest BCUT2D eigenvalue weighted by molar-refractivity contribution is 6.09. The largest absolute Gasteiger partial charge is 0.464 e. The minimum Gasteiger partial charge on any atom is -0.464 e. The minimum atomic E-state index is -1.04. The highest BCUT2D eigenvalue weighted by Crippen LogP contribution is 2.18. The van der Waals surface area contributed by atoms with Gasteiger partial charge in [0.1, 0.15) is 0 Å². The van der Waals surface area contributed by atoms with E-state index >= 15 is 0 Å².